The third-order valence-corrected chi connectivity index (χ3v) is 3.77. The summed E-state index contributed by atoms with van der Waals surface area (Å²) in [5.41, 5.74) is 0.320. The van der Waals surface area contributed by atoms with E-state index < -0.39 is 0 Å². The zero-order valence-corrected chi connectivity index (χ0v) is 13.9. The highest BCUT2D eigenvalue weighted by Crippen LogP contribution is 2.19. The summed E-state index contributed by atoms with van der Waals surface area (Å²) in [6, 6.07) is 6.34. The van der Waals surface area contributed by atoms with Gasteiger partial charge in [0.2, 0.25) is 5.95 Å². The van der Waals surface area contributed by atoms with Crippen molar-refractivity contribution in [1.29, 1.82) is 0 Å². The Morgan fingerprint density at radius 1 is 1.28 bits per heavy atom. The van der Waals surface area contributed by atoms with Crippen LogP contribution in [0.2, 0.25) is 0 Å². The smallest absolute Gasteiger partial charge is 0.409 e. The van der Waals surface area contributed by atoms with E-state index in [1.807, 2.05) is 4.90 Å². The Hall–Kier alpha value is -2.97. The molecule has 0 bridgehead atoms. The summed E-state index contributed by atoms with van der Waals surface area (Å²) in [7, 11) is 0. The number of carbonyl (C=O) groups is 1. The summed E-state index contributed by atoms with van der Waals surface area (Å²) >= 11 is 0. The number of rotatable bonds is 4. The highest BCUT2D eigenvalue weighted by atomic mass is 19.1. The number of hydrogen-bond donors (Lipinski definition) is 1. The van der Waals surface area contributed by atoms with Crippen molar-refractivity contribution >= 4 is 23.5 Å². The van der Waals surface area contributed by atoms with Crippen LogP contribution in [0.15, 0.2) is 30.5 Å². The molecule has 2 aromatic rings. The molecule has 0 unspecified atom stereocenters. The summed E-state index contributed by atoms with van der Waals surface area (Å²) in [6.45, 7) is 4.32. The van der Waals surface area contributed by atoms with Crippen molar-refractivity contribution in [1.82, 2.24) is 20.1 Å². The first kappa shape index (κ1) is 16.9. The minimum absolute atomic E-state index is 0.309. The van der Waals surface area contributed by atoms with Crippen molar-refractivity contribution < 1.29 is 13.9 Å². The summed E-state index contributed by atoms with van der Waals surface area (Å²) in [5.74, 6) is 0.471. The third-order valence-electron chi connectivity index (χ3n) is 3.77. The van der Waals surface area contributed by atoms with Crippen LogP contribution in [0.1, 0.15) is 6.92 Å². The Labute approximate surface area is 144 Å². The van der Waals surface area contributed by atoms with Crippen LogP contribution in [0, 0.1) is 5.82 Å². The number of piperazine rings is 1. The number of aromatic nitrogens is 3. The van der Waals surface area contributed by atoms with E-state index in [9.17, 15) is 9.18 Å². The number of benzene rings is 1. The first-order valence-electron chi connectivity index (χ1n) is 8.05. The molecule has 1 N–H and O–H groups in total. The van der Waals surface area contributed by atoms with Crippen molar-refractivity contribution in [3.63, 3.8) is 0 Å². The van der Waals surface area contributed by atoms with E-state index in [0.29, 0.717) is 50.2 Å². The van der Waals surface area contributed by atoms with Gasteiger partial charge in [-0.3, -0.25) is 0 Å². The lowest BCUT2D eigenvalue weighted by molar-refractivity contribution is 0.105. The van der Waals surface area contributed by atoms with Crippen LogP contribution in [-0.2, 0) is 4.74 Å². The molecule has 1 amide bonds. The first-order chi connectivity index (χ1) is 12.2. The maximum absolute atomic E-state index is 13.7. The lowest BCUT2D eigenvalue weighted by atomic mass is 10.3. The number of anilines is 3. The minimum Gasteiger partial charge on any atom is -0.450 e. The molecule has 0 saturated carbocycles. The first-order valence-corrected chi connectivity index (χ1v) is 8.05. The number of amides is 1. The van der Waals surface area contributed by atoms with E-state index in [1.165, 1.54) is 12.3 Å². The van der Waals surface area contributed by atoms with Gasteiger partial charge in [-0.2, -0.15) is 10.1 Å². The number of nitrogens with zero attached hydrogens (tertiary/aromatic N) is 5. The Balaban J connectivity index is 1.64. The van der Waals surface area contributed by atoms with Gasteiger partial charge in [-0.25, -0.2) is 9.18 Å². The number of halogens is 1. The van der Waals surface area contributed by atoms with Crippen LogP contribution < -0.4 is 10.2 Å². The average molecular weight is 346 g/mol. The zero-order chi connectivity index (χ0) is 17.6. The number of ether oxygens (including phenoxy) is 1. The molecule has 132 valence electrons. The highest BCUT2D eigenvalue weighted by Gasteiger charge is 2.23. The molecule has 1 saturated heterocycles. The molecule has 1 aliphatic rings. The molecule has 1 aromatic carbocycles. The summed E-state index contributed by atoms with van der Waals surface area (Å²) in [5, 5.41) is 10.9. The third kappa shape index (κ3) is 4.11. The molecule has 1 aromatic heterocycles. The van der Waals surface area contributed by atoms with Crippen molar-refractivity contribution in [3.05, 3.63) is 36.3 Å². The lowest BCUT2D eigenvalue weighted by Crippen LogP contribution is -2.49. The summed E-state index contributed by atoms with van der Waals surface area (Å²) < 4.78 is 18.7. The molecule has 25 heavy (non-hydrogen) atoms. The molecular weight excluding hydrogens is 327 g/mol. The van der Waals surface area contributed by atoms with E-state index in [1.54, 1.807) is 30.0 Å². The standard InChI is InChI=1S/C16H19FN6O2/c1-2-25-16(24)23-9-7-22(8-10-23)15-20-14(11-18-21-15)19-13-6-4-3-5-12(13)17/h3-6,11H,2,7-10H2,1H3,(H,19,20,21). The summed E-state index contributed by atoms with van der Waals surface area (Å²) in [4.78, 5) is 19.7. The van der Waals surface area contributed by atoms with Crippen molar-refractivity contribution in [2.75, 3.05) is 43.0 Å². The average Bonchev–Trinajstić information content (AvgIpc) is 2.64. The quantitative estimate of drug-likeness (QED) is 0.907. The van der Waals surface area contributed by atoms with Crippen LogP contribution in [0.4, 0.5) is 26.6 Å². The largest absolute Gasteiger partial charge is 0.450 e. The number of carbonyl (C=O) groups excluding carboxylic acids is 1. The second-order valence-corrected chi connectivity index (χ2v) is 5.42. The van der Waals surface area contributed by atoms with Crippen LogP contribution in [0.3, 0.4) is 0 Å². The predicted octanol–water partition coefficient (Wildman–Crippen LogP) is 2.03. The maximum Gasteiger partial charge on any atom is 0.409 e. The van der Waals surface area contributed by atoms with Crippen LogP contribution in [-0.4, -0.2) is 59.0 Å². The number of nitrogens with one attached hydrogen (secondary N) is 1. The molecule has 2 heterocycles. The lowest BCUT2D eigenvalue weighted by Gasteiger charge is -2.33. The second-order valence-electron chi connectivity index (χ2n) is 5.42. The van der Waals surface area contributed by atoms with E-state index in [-0.39, 0.29) is 11.9 Å². The van der Waals surface area contributed by atoms with Gasteiger partial charge in [0, 0.05) is 26.2 Å². The van der Waals surface area contributed by atoms with Crippen LogP contribution in [0.25, 0.3) is 0 Å². The molecule has 0 spiro atoms. The van der Waals surface area contributed by atoms with Gasteiger partial charge < -0.3 is 19.9 Å². The molecule has 0 aliphatic carbocycles. The van der Waals surface area contributed by atoms with Gasteiger partial charge in [-0.05, 0) is 19.1 Å². The van der Waals surface area contributed by atoms with Crippen molar-refractivity contribution in [2.45, 2.75) is 6.92 Å². The van der Waals surface area contributed by atoms with Gasteiger partial charge >= 0.3 is 6.09 Å². The van der Waals surface area contributed by atoms with Gasteiger partial charge in [0.05, 0.1) is 18.5 Å². The molecule has 3 rings (SSSR count). The minimum atomic E-state index is -0.370. The fourth-order valence-corrected chi connectivity index (χ4v) is 2.49. The molecular formula is C16H19FN6O2. The van der Waals surface area contributed by atoms with E-state index in [2.05, 4.69) is 20.5 Å². The van der Waals surface area contributed by atoms with Gasteiger partial charge in [0.25, 0.3) is 0 Å². The SMILES string of the molecule is CCOC(=O)N1CCN(c2nncc(Nc3ccccc3F)n2)CC1. The molecule has 0 atom stereocenters. The van der Waals surface area contributed by atoms with Gasteiger partial charge in [0.15, 0.2) is 5.82 Å². The predicted molar refractivity (Wildman–Crippen MR) is 90.3 cm³/mol. The molecule has 9 heteroatoms. The fourth-order valence-electron chi connectivity index (χ4n) is 2.49. The van der Waals surface area contributed by atoms with Crippen molar-refractivity contribution in [2.24, 2.45) is 0 Å². The van der Waals surface area contributed by atoms with Gasteiger partial charge in [-0.1, -0.05) is 12.1 Å². The highest BCUT2D eigenvalue weighted by molar-refractivity contribution is 5.68. The molecule has 8 nitrogen and oxygen atoms in total. The Morgan fingerprint density at radius 2 is 2.04 bits per heavy atom. The summed E-state index contributed by atoms with van der Waals surface area (Å²) in [6.07, 6.45) is 1.13. The molecule has 0 radical (unpaired) electrons. The zero-order valence-electron chi connectivity index (χ0n) is 13.9. The topological polar surface area (TPSA) is 83.5 Å². The van der Waals surface area contributed by atoms with E-state index >= 15 is 0 Å². The maximum atomic E-state index is 13.7. The van der Waals surface area contributed by atoms with Gasteiger partial charge in [0.1, 0.15) is 5.82 Å². The molecule has 1 fully saturated rings. The second kappa shape index (κ2) is 7.73. The van der Waals surface area contributed by atoms with E-state index in [0.717, 1.165) is 0 Å². The van der Waals surface area contributed by atoms with E-state index in [4.69, 9.17) is 4.74 Å². The normalized spacial score (nSPS) is 14.3. The Kier molecular flexibility index (Phi) is 5.22. The number of para-hydroxylation sites is 1. The van der Waals surface area contributed by atoms with Crippen LogP contribution >= 0.6 is 0 Å². The Bertz CT molecular complexity index is 736. The van der Waals surface area contributed by atoms with Gasteiger partial charge in [-0.15, -0.1) is 5.10 Å². The van der Waals surface area contributed by atoms with Crippen molar-refractivity contribution in [3.8, 4) is 0 Å². The van der Waals surface area contributed by atoms with Crippen LogP contribution in [0.5, 0.6) is 0 Å². The monoisotopic (exact) mass is 346 g/mol. The Morgan fingerprint density at radius 3 is 2.76 bits per heavy atom. The fraction of sp³-hybridized carbons (Fsp3) is 0.375. The molecule has 1 aliphatic heterocycles. The number of hydrogen-bond acceptors (Lipinski definition) is 7.